The van der Waals surface area contributed by atoms with Crippen LogP contribution in [0.1, 0.15) is 66.7 Å². The van der Waals surface area contributed by atoms with Crippen molar-refractivity contribution in [3.05, 3.63) is 71.9 Å². The van der Waals surface area contributed by atoms with Crippen molar-refractivity contribution in [3.63, 3.8) is 0 Å². The standard InChI is InChI=1S/C31H31F3N6O3/c1-30(16-43-17-30)23(41)14-18-3-2-4-21(13-18)28-39-25(26-27(35)37-11-12-40(26)28)19-5-7-20(8-6-19)29(42)38-24-15-22(9-10-36-24)31(32,33)34/h5-12,15,18,21H,2-4,13-14,16-17H2,1H3,(H2,35,37)(H,36,38,42)/t18-,21+/m0/s1. The molecule has 4 aromatic rings. The zero-order valence-corrected chi connectivity index (χ0v) is 23.5. The highest BCUT2D eigenvalue weighted by Crippen LogP contribution is 2.41. The fourth-order valence-corrected chi connectivity index (χ4v) is 6.01. The summed E-state index contributed by atoms with van der Waals surface area (Å²) in [7, 11) is 0. The summed E-state index contributed by atoms with van der Waals surface area (Å²) in [4.78, 5) is 38.8. The molecule has 1 saturated carbocycles. The van der Waals surface area contributed by atoms with E-state index in [1.165, 1.54) is 0 Å². The molecule has 1 amide bonds. The Labute approximate surface area is 245 Å². The molecule has 4 heterocycles. The Morgan fingerprint density at radius 1 is 1.12 bits per heavy atom. The summed E-state index contributed by atoms with van der Waals surface area (Å²) in [6.45, 7) is 2.96. The molecule has 2 fully saturated rings. The number of amides is 1. The van der Waals surface area contributed by atoms with Crippen molar-refractivity contribution in [1.29, 1.82) is 0 Å². The van der Waals surface area contributed by atoms with Gasteiger partial charge in [-0.05, 0) is 56.4 Å². The van der Waals surface area contributed by atoms with Crippen LogP contribution in [0.2, 0.25) is 0 Å². The topological polar surface area (TPSA) is 124 Å². The molecule has 3 aromatic heterocycles. The zero-order chi connectivity index (χ0) is 30.4. The van der Waals surface area contributed by atoms with E-state index >= 15 is 0 Å². The van der Waals surface area contributed by atoms with Crippen LogP contribution in [0.25, 0.3) is 16.8 Å². The van der Waals surface area contributed by atoms with Gasteiger partial charge in [0.05, 0.1) is 24.2 Å². The number of hydrogen-bond donors (Lipinski definition) is 2. The predicted molar refractivity (Wildman–Crippen MR) is 153 cm³/mol. The molecule has 1 aliphatic heterocycles. The molecular formula is C31H31F3N6O3. The van der Waals surface area contributed by atoms with E-state index in [9.17, 15) is 22.8 Å². The molecule has 3 N–H and O–H groups in total. The third-order valence-electron chi connectivity index (χ3n) is 8.50. The molecule has 0 unspecified atom stereocenters. The van der Waals surface area contributed by atoms with Gasteiger partial charge in [0.1, 0.15) is 34.5 Å². The van der Waals surface area contributed by atoms with Gasteiger partial charge < -0.3 is 15.8 Å². The number of nitrogen functional groups attached to an aromatic ring is 1. The number of nitrogens with zero attached hydrogens (tertiary/aromatic N) is 4. The second kappa shape index (κ2) is 11.1. The average molecular weight is 593 g/mol. The second-order valence-corrected chi connectivity index (χ2v) is 11.7. The number of anilines is 2. The monoisotopic (exact) mass is 592 g/mol. The lowest BCUT2D eigenvalue weighted by Crippen LogP contribution is -2.47. The molecule has 6 rings (SSSR count). The number of hydrogen-bond acceptors (Lipinski definition) is 7. The predicted octanol–water partition coefficient (Wildman–Crippen LogP) is 5.91. The lowest BCUT2D eigenvalue weighted by molar-refractivity contribution is -0.156. The molecule has 1 saturated heterocycles. The maximum atomic E-state index is 13.0. The lowest BCUT2D eigenvalue weighted by atomic mass is 9.74. The number of pyridine rings is 1. The Morgan fingerprint density at radius 2 is 1.88 bits per heavy atom. The highest BCUT2D eigenvalue weighted by atomic mass is 19.4. The Balaban J connectivity index is 1.23. The first-order valence-corrected chi connectivity index (χ1v) is 14.2. The largest absolute Gasteiger partial charge is 0.416 e. The van der Waals surface area contributed by atoms with Crippen LogP contribution in [0.4, 0.5) is 24.8 Å². The molecular weight excluding hydrogens is 561 g/mol. The summed E-state index contributed by atoms with van der Waals surface area (Å²) >= 11 is 0. The van der Waals surface area contributed by atoms with Crippen LogP contribution in [0.3, 0.4) is 0 Å². The van der Waals surface area contributed by atoms with Gasteiger partial charge in [0, 0.05) is 42.1 Å². The van der Waals surface area contributed by atoms with E-state index in [1.807, 2.05) is 17.5 Å². The van der Waals surface area contributed by atoms with Crippen LogP contribution in [0.5, 0.6) is 0 Å². The third-order valence-corrected chi connectivity index (χ3v) is 8.50. The smallest absolute Gasteiger partial charge is 0.382 e. The van der Waals surface area contributed by atoms with E-state index in [1.54, 1.807) is 30.5 Å². The van der Waals surface area contributed by atoms with Gasteiger partial charge in [0.2, 0.25) is 0 Å². The van der Waals surface area contributed by atoms with Crippen LogP contribution < -0.4 is 11.1 Å². The minimum Gasteiger partial charge on any atom is -0.382 e. The summed E-state index contributed by atoms with van der Waals surface area (Å²) in [6.07, 6.45) is 4.22. The van der Waals surface area contributed by atoms with Crippen molar-refractivity contribution >= 4 is 28.8 Å². The first kappa shape index (κ1) is 28.8. The maximum Gasteiger partial charge on any atom is 0.416 e. The molecule has 1 aromatic carbocycles. The maximum absolute atomic E-state index is 13.0. The van der Waals surface area contributed by atoms with Gasteiger partial charge in [-0.25, -0.2) is 15.0 Å². The highest BCUT2D eigenvalue weighted by Gasteiger charge is 2.42. The minimum absolute atomic E-state index is 0.130. The molecule has 2 aliphatic rings. The van der Waals surface area contributed by atoms with E-state index < -0.39 is 17.6 Å². The van der Waals surface area contributed by atoms with Crippen LogP contribution in [0.15, 0.2) is 55.0 Å². The fourth-order valence-electron chi connectivity index (χ4n) is 6.01. The molecule has 224 valence electrons. The minimum atomic E-state index is -4.55. The molecule has 0 radical (unpaired) electrons. The van der Waals surface area contributed by atoms with E-state index in [0.717, 1.165) is 49.8 Å². The van der Waals surface area contributed by atoms with Crippen molar-refractivity contribution in [2.45, 2.75) is 51.1 Å². The van der Waals surface area contributed by atoms with Gasteiger partial charge in [-0.2, -0.15) is 13.2 Å². The Kier molecular flexibility index (Phi) is 7.41. The van der Waals surface area contributed by atoms with Crippen molar-refractivity contribution < 1.29 is 27.5 Å². The van der Waals surface area contributed by atoms with Gasteiger partial charge in [-0.15, -0.1) is 0 Å². The molecule has 12 heteroatoms. The first-order chi connectivity index (χ1) is 20.5. The number of benzene rings is 1. The number of imidazole rings is 1. The molecule has 2 atom stereocenters. The van der Waals surface area contributed by atoms with Crippen LogP contribution >= 0.6 is 0 Å². The Bertz CT molecular complexity index is 1680. The number of carbonyl (C=O) groups is 2. The van der Waals surface area contributed by atoms with E-state index in [4.69, 9.17) is 15.5 Å². The van der Waals surface area contributed by atoms with Crippen molar-refractivity contribution in [2.24, 2.45) is 11.3 Å². The van der Waals surface area contributed by atoms with E-state index in [0.29, 0.717) is 42.2 Å². The fraction of sp³-hybridized carbons (Fsp3) is 0.387. The summed E-state index contributed by atoms with van der Waals surface area (Å²) in [6, 6.07) is 8.21. The summed E-state index contributed by atoms with van der Waals surface area (Å²) in [5, 5.41) is 2.42. The highest BCUT2D eigenvalue weighted by molar-refractivity contribution is 6.04. The molecule has 1 aliphatic carbocycles. The van der Waals surface area contributed by atoms with E-state index in [-0.39, 0.29) is 34.4 Å². The number of rotatable bonds is 7. The number of halogens is 3. The van der Waals surface area contributed by atoms with Crippen LogP contribution in [0, 0.1) is 11.3 Å². The number of ketones is 1. The van der Waals surface area contributed by atoms with Crippen molar-refractivity contribution in [3.8, 4) is 11.3 Å². The number of Topliss-reactive ketones (excluding diaryl/α,β-unsaturated/α-hetero) is 1. The van der Waals surface area contributed by atoms with Crippen molar-refractivity contribution in [1.82, 2.24) is 19.4 Å². The number of alkyl halides is 3. The molecule has 0 spiro atoms. The zero-order valence-electron chi connectivity index (χ0n) is 23.5. The normalized spacial score (nSPS) is 20.0. The van der Waals surface area contributed by atoms with Gasteiger partial charge >= 0.3 is 6.18 Å². The first-order valence-electron chi connectivity index (χ1n) is 14.2. The number of fused-ring (bicyclic) bond motifs is 1. The van der Waals surface area contributed by atoms with E-state index in [2.05, 4.69) is 15.3 Å². The Morgan fingerprint density at radius 3 is 2.58 bits per heavy atom. The van der Waals surface area contributed by atoms with Crippen LogP contribution in [-0.4, -0.2) is 44.3 Å². The second-order valence-electron chi connectivity index (χ2n) is 11.7. The molecule has 43 heavy (non-hydrogen) atoms. The summed E-state index contributed by atoms with van der Waals surface area (Å²) in [5.41, 5.74) is 7.27. The third kappa shape index (κ3) is 5.71. The van der Waals surface area contributed by atoms with Gasteiger partial charge in [-0.3, -0.25) is 14.0 Å². The van der Waals surface area contributed by atoms with Gasteiger partial charge in [0.15, 0.2) is 0 Å². The lowest BCUT2D eigenvalue weighted by Gasteiger charge is -2.38. The van der Waals surface area contributed by atoms with Gasteiger partial charge in [-0.1, -0.05) is 18.6 Å². The Hall–Kier alpha value is -4.32. The number of aromatic nitrogens is 4. The number of carbonyl (C=O) groups excluding carboxylic acids is 2. The quantitative estimate of drug-likeness (QED) is 0.273. The number of nitrogens with two attached hydrogens (primary N) is 1. The summed E-state index contributed by atoms with van der Waals surface area (Å²) in [5.74, 6) is 1.03. The molecule has 0 bridgehead atoms. The number of ether oxygens (including phenoxy) is 1. The van der Waals surface area contributed by atoms with Crippen molar-refractivity contribution in [2.75, 3.05) is 24.3 Å². The van der Waals surface area contributed by atoms with Crippen LogP contribution in [-0.2, 0) is 15.7 Å². The van der Waals surface area contributed by atoms with Gasteiger partial charge in [0.25, 0.3) is 5.91 Å². The average Bonchev–Trinajstić information content (AvgIpc) is 3.37. The summed E-state index contributed by atoms with van der Waals surface area (Å²) < 4.78 is 46.4. The SMILES string of the molecule is CC1(C(=O)C[C@H]2CCC[C@@H](c3nc(-c4ccc(C(=O)Nc5cc(C(F)(F)F)ccn5)cc4)c4c(N)nccn34)C2)COC1. The number of nitrogens with one attached hydrogen (secondary N) is 1. The molecule has 9 nitrogen and oxygen atoms in total.